The molecule has 0 aliphatic carbocycles. The maximum absolute atomic E-state index is 13.5. The number of fused-ring (bicyclic) bond motifs is 1. The Morgan fingerprint density at radius 2 is 2.05 bits per heavy atom. The molecular weight excluding hydrogens is 548 g/mol. The molecule has 4 heterocycles. The fourth-order valence-corrected chi connectivity index (χ4v) is 6.52. The van der Waals surface area contributed by atoms with Crippen LogP contribution in [0.25, 0.3) is 0 Å². The van der Waals surface area contributed by atoms with E-state index in [1.54, 1.807) is 29.1 Å². The van der Waals surface area contributed by atoms with E-state index in [-0.39, 0.29) is 42.1 Å². The molecule has 1 aromatic heterocycles. The first-order valence-electron chi connectivity index (χ1n) is 12.3. The highest BCUT2D eigenvalue weighted by atomic mass is 32.2. The van der Waals surface area contributed by atoms with Gasteiger partial charge < -0.3 is 34.9 Å². The van der Waals surface area contributed by atoms with E-state index in [1.165, 1.54) is 40.1 Å². The molecule has 2 aromatic rings. The summed E-state index contributed by atoms with van der Waals surface area (Å²) in [6, 6.07) is 3.96. The van der Waals surface area contributed by atoms with Crippen LogP contribution in [0.2, 0.25) is 0 Å². The van der Waals surface area contributed by atoms with Gasteiger partial charge in [0, 0.05) is 17.2 Å². The number of hydrogen-bond donors (Lipinski definition) is 2. The van der Waals surface area contributed by atoms with Crippen LogP contribution >= 0.6 is 23.1 Å². The number of thioether (sulfide) groups is 1. The van der Waals surface area contributed by atoms with Gasteiger partial charge in [-0.15, -0.1) is 23.1 Å². The van der Waals surface area contributed by atoms with Gasteiger partial charge in [0.1, 0.15) is 23.0 Å². The van der Waals surface area contributed by atoms with Crippen molar-refractivity contribution in [3.8, 4) is 0 Å². The van der Waals surface area contributed by atoms with Crippen LogP contribution in [0.3, 0.4) is 0 Å². The Balaban J connectivity index is 1.32. The summed E-state index contributed by atoms with van der Waals surface area (Å²) in [6.45, 7) is 3.74. The molecule has 5 rings (SSSR count). The molecule has 0 saturated carbocycles. The largest absolute Gasteiger partial charge is 0.733 e. The quantitative estimate of drug-likeness (QED) is 0.257. The van der Waals surface area contributed by atoms with Crippen LogP contribution in [0.5, 0.6) is 0 Å². The third kappa shape index (κ3) is 5.66. The lowest BCUT2D eigenvalue weighted by Crippen LogP contribution is -2.74. The molecule has 3 aliphatic heterocycles. The van der Waals surface area contributed by atoms with Crippen molar-refractivity contribution in [2.24, 2.45) is 0 Å². The summed E-state index contributed by atoms with van der Waals surface area (Å²) in [5.41, 5.74) is 1.07. The van der Waals surface area contributed by atoms with Crippen molar-refractivity contribution in [1.29, 1.82) is 0 Å². The number of rotatable bonds is 9. The minimum Gasteiger partial charge on any atom is -0.733 e. The van der Waals surface area contributed by atoms with E-state index in [4.69, 9.17) is 19.4 Å². The number of anilines is 1. The Morgan fingerprint density at radius 1 is 1.28 bits per heavy atom. The molecular formula is C25H27N4O8S2-. The Bertz CT molecular complexity index is 1240. The highest BCUT2D eigenvalue weighted by molar-refractivity contribution is 8.03. The molecule has 2 fully saturated rings. The van der Waals surface area contributed by atoms with Crippen LogP contribution in [0.15, 0.2) is 46.8 Å². The summed E-state index contributed by atoms with van der Waals surface area (Å²) in [7, 11) is 0. The zero-order valence-corrected chi connectivity index (χ0v) is 22.7. The molecule has 2 N–H and O–H groups in total. The monoisotopic (exact) mass is 575 g/mol. The number of thiazole rings is 1. The second-order valence-electron chi connectivity index (χ2n) is 9.24. The van der Waals surface area contributed by atoms with Gasteiger partial charge in [-0.05, 0) is 36.4 Å². The van der Waals surface area contributed by atoms with E-state index in [1.807, 2.05) is 13.8 Å². The lowest BCUT2D eigenvalue weighted by atomic mass is 9.97. The van der Waals surface area contributed by atoms with Crippen molar-refractivity contribution in [3.63, 3.8) is 0 Å². The lowest BCUT2D eigenvalue weighted by molar-refractivity contribution is -0.166. The van der Waals surface area contributed by atoms with Gasteiger partial charge in [-0.3, -0.25) is 14.8 Å². The maximum Gasteiger partial charge on any atom is 0.333 e. The first kappa shape index (κ1) is 27.6. The predicted molar refractivity (Wildman–Crippen MR) is 141 cm³/mol. The van der Waals surface area contributed by atoms with E-state index in [0.717, 1.165) is 6.42 Å². The molecule has 6 unspecified atom stereocenters. The van der Waals surface area contributed by atoms with Crippen molar-refractivity contribution in [2.75, 3.05) is 5.23 Å². The summed E-state index contributed by atoms with van der Waals surface area (Å²) in [6.07, 6.45) is 1.21. The van der Waals surface area contributed by atoms with Crippen molar-refractivity contribution in [1.82, 2.24) is 15.2 Å². The summed E-state index contributed by atoms with van der Waals surface area (Å²) < 4.78 is 17.6. The van der Waals surface area contributed by atoms with Crippen LogP contribution in [-0.2, 0) is 41.6 Å². The van der Waals surface area contributed by atoms with Crippen molar-refractivity contribution >= 4 is 46.6 Å². The third-order valence-electron chi connectivity index (χ3n) is 6.73. The third-order valence-corrected chi connectivity index (χ3v) is 8.69. The SMILES string of the molecule is CCC1OC(C2=CSC3C(NC(=O)Cc4nccs4)C(=O)N3C2C(=O)OCc2ccc(N([O-])O)cc2)OC1C. The van der Waals surface area contributed by atoms with Crippen LogP contribution in [0.1, 0.15) is 30.8 Å². The number of esters is 1. The normalized spacial score (nSPS) is 27.8. The molecule has 208 valence electrons. The summed E-state index contributed by atoms with van der Waals surface area (Å²) in [5, 5.41) is 26.2. The molecule has 2 amide bonds. The summed E-state index contributed by atoms with van der Waals surface area (Å²) in [4.78, 5) is 44.8. The van der Waals surface area contributed by atoms with Gasteiger partial charge in [0.2, 0.25) is 11.8 Å². The molecule has 0 spiro atoms. The Hall–Kier alpha value is -3.01. The van der Waals surface area contributed by atoms with Gasteiger partial charge in [0.25, 0.3) is 0 Å². The summed E-state index contributed by atoms with van der Waals surface area (Å²) in [5.74, 6) is -1.42. The van der Waals surface area contributed by atoms with E-state index >= 15 is 0 Å². The lowest BCUT2D eigenvalue weighted by Gasteiger charge is -2.52. The molecule has 12 nitrogen and oxygen atoms in total. The van der Waals surface area contributed by atoms with E-state index in [9.17, 15) is 19.6 Å². The highest BCUT2D eigenvalue weighted by Gasteiger charge is 2.58. The van der Waals surface area contributed by atoms with Crippen molar-refractivity contribution in [2.45, 2.75) is 69.3 Å². The number of carbonyl (C=O) groups is 3. The second kappa shape index (κ2) is 11.6. The van der Waals surface area contributed by atoms with E-state index in [0.29, 0.717) is 16.1 Å². The number of nitrogens with zero attached hydrogens (tertiary/aromatic N) is 3. The molecule has 14 heteroatoms. The van der Waals surface area contributed by atoms with Crippen molar-refractivity contribution < 1.29 is 33.8 Å². The number of aromatic nitrogens is 1. The number of nitrogens with one attached hydrogen (secondary N) is 1. The molecule has 1 aromatic carbocycles. The van der Waals surface area contributed by atoms with Crippen molar-refractivity contribution in [3.05, 3.63) is 62.6 Å². The van der Waals surface area contributed by atoms with Gasteiger partial charge in [-0.1, -0.05) is 19.1 Å². The van der Waals surface area contributed by atoms with Gasteiger partial charge in [-0.25, -0.2) is 9.78 Å². The minimum atomic E-state index is -1.10. The molecule has 2 saturated heterocycles. The predicted octanol–water partition coefficient (Wildman–Crippen LogP) is 2.31. The fourth-order valence-electron chi connectivity index (χ4n) is 4.67. The van der Waals surface area contributed by atoms with E-state index < -0.39 is 35.6 Å². The Kier molecular flexibility index (Phi) is 8.21. The Morgan fingerprint density at radius 3 is 2.69 bits per heavy atom. The van der Waals surface area contributed by atoms with Crippen LogP contribution < -0.4 is 10.5 Å². The first-order chi connectivity index (χ1) is 18.8. The second-order valence-corrected chi connectivity index (χ2v) is 11.2. The number of benzene rings is 1. The maximum atomic E-state index is 13.5. The van der Waals surface area contributed by atoms with Gasteiger partial charge in [0.05, 0.1) is 24.3 Å². The van der Waals surface area contributed by atoms with Gasteiger partial charge in [-0.2, -0.15) is 0 Å². The fraction of sp³-hybridized carbons (Fsp3) is 0.440. The zero-order chi connectivity index (χ0) is 27.7. The molecule has 3 aliphatic rings. The highest BCUT2D eigenvalue weighted by Crippen LogP contribution is 2.43. The molecule has 6 atom stereocenters. The number of β-lactam (4-membered cyclic amide) rings is 1. The smallest absolute Gasteiger partial charge is 0.333 e. The van der Waals surface area contributed by atoms with Gasteiger partial charge >= 0.3 is 5.97 Å². The van der Waals surface area contributed by atoms with Crippen LogP contribution in [0.4, 0.5) is 5.69 Å². The standard InChI is InChI=1S/C25H27N4O8S2/c1-3-17-13(2)36-25(37-17)16-12-39-23-20(27-18(30)10-19-26-8-9-38-19)22(31)28(23)21(16)24(32)35-11-14-4-6-15(7-5-14)29(33)34/h4-9,12-13,17,20-21,23,25,33H,3,10-11H2,1-2H3,(H,27,30)/q-1. The molecule has 39 heavy (non-hydrogen) atoms. The van der Waals surface area contributed by atoms with E-state index in [2.05, 4.69) is 10.3 Å². The van der Waals surface area contributed by atoms with Gasteiger partial charge in [0.15, 0.2) is 12.3 Å². The van der Waals surface area contributed by atoms with Crippen LogP contribution in [0, 0.1) is 5.21 Å². The average molecular weight is 576 g/mol. The molecule has 0 bridgehead atoms. The topological polar surface area (TPSA) is 154 Å². The Labute approximate surface area is 232 Å². The number of carbonyl (C=O) groups excluding carboxylic acids is 3. The van der Waals surface area contributed by atoms with Crippen LogP contribution in [-0.4, -0.2) is 68.8 Å². The average Bonchev–Trinajstić information content (AvgIpc) is 3.58. The number of amides is 2. The summed E-state index contributed by atoms with van der Waals surface area (Å²) >= 11 is 2.66. The number of hydrogen-bond acceptors (Lipinski definition) is 12. The zero-order valence-electron chi connectivity index (χ0n) is 21.1. The first-order valence-corrected chi connectivity index (χ1v) is 14.2. The minimum absolute atomic E-state index is 0.0340. The molecule has 0 radical (unpaired) electrons. The number of ether oxygens (including phenoxy) is 3.